The molecule has 0 atom stereocenters. The van der Waals surface area contributed by atoms with Crippen LogP contribution in [0.5, 0.6) is 5.75 Å². The maximum atomic E-state index is 8.85. The topological polar surface area (TPSA) is 33.0 Å². The van der Waals surface area contributed by atoms with Gasteiger partial charge < -0.3 is 4.43 Å². The molecule has 1 aromatic rings. The summed E-state index contributed by atoms with van der Waals surface area (Å²) in [5, 5.41) is 9.44. The Morgan fingerprint density at radius 1 is 1.36 bits per heavy atom. The Balaban J connectivity index is 3.07. The van der Waals surface area contributed by atoms with Crippen molar-refractivity contribution in [1.82, 2.24) is 0 Å². The van der Waals surface area contributed by atoms with Crippen molar-refractivity contribution >= 4 is 19.9 Å². The van der Waals surface area contributed by atoms with Gasteiger partial charge in [0.05, 0.1) is 5.56 Å². The van der Waals surface area contributed by atoms with Crippen LogP contribution < -0.4 is 4.43 Å². The van der Waals surface area contributed by atoms with Crippen LogP contribution in [0.3, 0.4) is 0 Å². The van der Waals surface area contributed by atoms with Gasteiger partial charge in [0, 0.05) is 5.02 Å². The average Bonchev–Trinajstić information content (AvgIpc) is 2.01. The third kappa shape index (κ3) is 3.06. The lowest BCUT2D eigenvalue weighted by atomic mass is 10.2. The minimum absolute atomic E-state index is 0.539. The van der Waals surface area contributed by atoms with Crippen molar-refractivity contribution in [2.24, 2.45) is 0 Å². The van der Waals surface area contributed by atoms with E-state index < -0.39 is 8.32 Å². The van der Waals surface area contributed by atoms with Gasteiger partial charge in [-0.2, -0.15) is 5.26 Å². The quantitative estimate of drug-likeness (QED) is 0.723. The summed E-state index contributed by atoms with van der Waals surface area (Å²) in [6.45, 7) is 6.19. The van der Waals surface area contributed by atoms with Crippen molar-refractivity contribution in [3.05, 3.63) is 28.8 Å². The SMILES string of the molecule is C[Si](C)(C)Oc1cc(Cl)ccc1C#N. The highest BCUT2D eigenvalue weighted by atomic mass is 35.5. The van der Waals surface area contributed by atoms with E-state index in [4.69, 9.17) is 21.3 Å². The van der Waals surface area contributed by atoms with E-state index in [1.807, 2.05) is 0 Å². The molecule has 0 heterocycles. The largest absolute Gasteiger partial charge is 0.543 e. The van der Waals surface area contributed by atoms with Crippen LogP contribution in [0.25, 0.3) is 0 Å². The molecule has 0 saturated carbocycles. The van der Waals surface area contributed by atoms with Crippen LogP contribution >= 0.6 is 11.6 Å². The Hall–Kier alpha value is -0.983. The van der Waals surface area contributed by atoms with E-state index in [1.165, 1.54) is 0 Å². The first-order valence-electron chi connectivity index (χ1n) is 4.31. The van der Waals surface area contributed by atoms with Crippen LogP contribution in [-0.2, 0) is 0 Å². The maximum Gasteiger partial charge on any atom is 0.242 e. The van der Waals surface area contributed by atoms with Gasteiger partial charge in [-0.1, -0.05) is 11.6 Å². The van der Waals surface area contributed by atoms with Gasteiger partial charge in [0.1, 0.15) is 11.8 Å². The zero-order valence-corrected chi connectivity index (χ0v) is 10.2. The molecule has 0 radical (unpaired) electrons. The van der Waals surface area contributed by atoms with Crippen molar-refractivity contribution < 1.29 is 4.43 Å². The van der Waals surface area contributed by atoms with Gasteiger partial charge in [-0.3, -0.25) is 0 Å². The minimum atomic E-state index is -1.68. The minimum Gasteiger partial charge on any atom is -0.543 e. The molecule has 0 N–H and O–H groups in total. The van der Waals surface area contributed by atoms with Crippen LogP contribution in [0.1, 0.15) is 5.56 Å². The second-order valence-corrected chi connectivity index (χ2v) is 8.83. The van der Waals surface area contributed by atoms with Crippen LogP contribution in [0.2, 0.25) is 24.7 Å². The summed E-state index contributed by atoms with van der Waals surface area (Å²) in [5.74, 6) is 0.596. The number of hydrogen-bond acceptors (Lipinski definition) is 2. The van der Waals surface area contributed by atoms with E-state index in [9.17, 15) is 0 Å². The fraction of sp³-hybridized carbons (Fsp3) is 0.300. The van der Waals surface area contributed by atoms with Crippen molar-refractivity contribution in [1.29, 1.82) is 5.26 Å². The molecule has 0 aromatic heterocycles. The molecule has 0 aliphatic carbocycles. The van der Waals surface area contributed by atoms with Gasteiger partial charge >= 0.3 is 0 Å². The molecule has 0 amide bonds. The highest BCUT2D eigenvalue weighted by Gasteiger charge is 2.18. The fourth-order valence-electron chi connectivity index (χ4n) is 1.00. The van der Waals surface area contributed by atoms with Crippen LogP contribution in [0, 0.1) is 11.3 Å². The second-order valence-electron chi connectivity index (χ2n) is 3.97. The number of halogens is 1. The van der Waals surface area contributed by atoms with Gasteiger partial charge in [0.25, 0.3) is 0 Å². The third-order valence-corrected chi connectivity index (χ3v) is 2.55. The first-order valence-corrected chi connectivity index (χ1v) is 8.10. The Bertz CT molecular complexity index is 379. The second kappa shape index (κ2) is 4.03. The predicted molar refractivity (Wildman–Crippen MR) is 60.1 cm³/mol. The number of nitriles is 1. The molecule has 1 rings (SSSR count). The van der Waals surface area contributed by atoms with Gasteiger partial charge in [0.15, 0.2) is 0 Å². The summed E-state index contributed by atoms with van der Waals surface area (Å²) < 4.78 is 5.74. The maximum absolute atomic E-state index is 8.85. The Morgan fingerprint density at radius 2 is 2.00 bits per heavy atom. The zero-order valence-electron chi connectivity index (χ0n) is 8.47. The van der Waals surface area contributed by atoms with Crippen molar-refractivity contribution in [2.75, 3.05) is 0 Å². The number of hydrogen-bond donors (Lipinski definition) is 0. The van der Waals surface area contributed by atoms with E-state index >= 15 is 0 Å². The molecule has 74 valence electrons. The molecule has 1 aromatic carbocycles. The van der Waals surface area contributed by atoms with Gasteiger partial charge in [-0.05, 0) is 37.8 Å². The molecule has 14 heavy (non-hydrogen) atoms. The van der Waals surface area contributed by atoms with Crippen LogP contribution in [0.15, 0.2) is 18.2 Å². The number of rotatable bonds is 2. The molecule has 0 saturated heterocycles. The standard InChI is InChI=1S/C10H12ClNOSi/c1-14(2,3)13-10-6-9(11)5-4-8(10)7-12/h4-6H,1-3H3. The van der Waals surface area contributed by atoms with E-state index in [0.717, 1.165) is 0 Å². The molecule has 0 aliphatic rings. The average molecular weight is 226 g/mol. The van der Waals surface area contributed by atoms with Crippen LogP contribution in [0.4, 0.5) is 0 Å². The Labute approximate surface area is 90.2 Å². The monoisotopic (exact) mass is 225 g/mol. The lowest BCUT2D eigenvalue weighted by Crippen LogP contribution is -2.29. The van der Waals surface area contributed by atoms with Gasteiger partial charge in [0.2, 0.25) is 8.32 Å². The predicted octanol–water partition coefficient (Wildman–Crippen LogP) is 3.43. The molecule has 2 nitrogen and oxygen atoms in total. The Morgan fingerprint density at radius 3 is 2.50 bits per heavy atom. The number of nitrogens with zero attached hydrogens (tertiary/aromatic N) is 1. The number of benzene rings is 1. The van der Waals surface area contributed by atoms with E-state index in [2.05, 4.69) is 25.7 Å². The molecule has 4 heteroatoms. The molecule has 0 fully saturated rings. The zero-order chi connectivity index (χ0) is 10.8. The van der Waals surface area contributed by atoms with Crippen molar-refractivity contribution in [3.8, 4) is 11.8 Å². The normalized spacial score (nSPS) is 10.8. The summed E-state index contributed by atoms with van der Waals surface area (Å²) in [5.41, 5.74) is 0.539. The molecular weight excluding hydrogens is 214 g/mol. The fourth-order valence-corrected chi connectivity index (χ4v) is 1.99. The lowest BCUT2D eigenvalue weighted by Gasteiger charge is -2.20. The van der Waals surface area contributed by atoms with Gasteiger partial charge in [-0.25, -0.2) is 0 Å². The summed E-state index contributed by atoms with van der Waals surface area (Å²) in [4.78, 5) is 0. The lowest BCUT2D eigenvalue weighted by molar-refractivity contribution is 0.556. The summed E-state index contributed by atoms with van der Waals surface area (Å²) in [6, 6.07) is 7.15. The van der Waals surface area contributed by atoms with Crippen molar-refractivity contribution in [3.63, 3.8) is 0 Å². The first kappa shape index (κ1) is 11.1. The Kier molecular flexibility index (Phi) is 3.20. The van der Waals surface area contributed by atoms with Gasteiger partial charge in [-0.15, -0.1) is 0 Å². The van der Waals surface area contributed by atoms with E-state index in [-0.39, 0.29) is 0 Å². The third-order valence-electron chi connectivity index (χ3n) is 1.48. The summed E-state index contributed by atoms with van der Waals surface area (Å²) in [7, 11) is -1.68. The van der Waals surface area contributed by atoms with E-state index in [0.29, 0.717) is 16.3 Å². The smallest absolute Gasteiger partial charge is 0.242 e. The summed E-state index contributed by atoms with van der Waals surface area (Å²) in [6.07, 6.45) is 0. The van der Waals surface area contributed by atoms with Crippen molar-refractivity contribution in [2.45, 2.75) is 19.6 Å². The highest BCUT2D eigenvalue weighted by Crippen LogP contribution is 2.25. The molecule has 0 aliphatic heterocycles. The molecule has 0 spiro atoms. The van der Waals surface area contributed by atoms with E-state index in [1.54, 1.807) is 18.2 Å². The van der Waals surface area contributed by atoms with Crippen LogP contribution in [-0.4, -0.2) is 8.32 Å². The first-order chi connectivity index (χ1) is 6.42. The summed E-state index contributed by atoms with van der Waals surface area (Å²) >= 11 is 5.83. The molecule has 0 bridgehead atoms. The molecular formula is C10H12ClNOSi. The molecule has 0 unspecified atom stereocenters. The highest BCUT2D eigenvalue weighted by molar-refractivity contribution is 6.70.